The third-order valence-corrected chi connectivity index (χ3v) is 3.23. The Morgan fingerprint density at radius 1 is 1.17 bits per heavy atom. The van der Waals surface area contributed by atoms with Crippen LogP contribution in [0.2, 0.25) is 5.02 Å². The summed E-state index contributed by atoms with van der Waals surface area (Å²) in [6.45, 7) is 0. The monoisotopic (exact) mass is 324 g/mol. The number of halogens is 1. The number of carbonyl (C=O) groups excluding carboxylic acids is 1. The molecular formula is C16H9ClN4O2. The molecular weight excluding hydrogens is 316 g/mol. The first-order valence-corrected chi connectivity index (χ1v) is 6.94. The van der Waals surface area contributed by atoms with Crippen molar-refractivity contribution in [2.45, 2.75) is 0 Å². The molecule has 1 aromatic heterocycles. The van der Waals surface area contributed by atoms with Gasteiger partial charge in [-0.1, -0.05) is 22.8 Å². The third-order valence-electron chi connectivity index (χ3n) is 2.99. The van der Waals surface area contributed by atoms with E-state index in [0.29, 0.717) is 21.7 Å². The number of amides is 1. The minimum absolute atomic E-state index is 0.0191. The first-order valence-electron chi connectivity index (χ1n) is 6.56. The predicted molar refractivity (Wildman–Crippen MR) is 83.9 cm³/mol. The van der Waals surface area contributed by atoms with Crippen LogP contribution in [0, 0.1) is 11.3 Å². The van der Waals surface area contributed by atoms with Gasteiger partial charge in [0.15, 0.2) is 0 Å². The molecule has 0 aliphatic heterocycles. The van der Waals surface area contributed by atoms with E-state index >= 15 is 0 Å². The fourth-order valence-electron chi connectivity index (χ4n) is 1.88. The molecule has 3 aromatic rings. The molecule has 6 nitrogen and oxygen atoms in total. The third kappa shape index (κ3) is 3.36. The second-order valence-corrected chi connectivity index (χ2v) is 5.00. The Balaban J connectivity index is 1.76. The minimum atomic E-state index is -0.407. The van der Waals surface area contributed by atoms with Crippen molar-refractivity contribution in [2.75, 3.05) is 5.32 Å². The first kappa shape index (κ1) is 14.8. The summed E-state index contributed by atoms with van der Waals surface area (Å²) in [4.78, 5) is 12.1. The van der Waals surface area contributed by atoms with Gasteiger partial charge in [0.25, 0.3) is 5.91 Å². The number of aromatic nitrogens is 2. The van der Waals surface area contributed by atoms with Crippen molar-refractivity contribution in [1.82, 2.24) is 10.2 Å². The van der Waals surface area contributed by atoms with Crippen LogP contribution in [0.4, 0.5) is 6.01 Å². The number of nitriles is 1. The Morgan fingerprint density at radius 2 is 1.96 bits per heavy atom. The average Bonchev–Trinajstić information content (AvgIpc) is 3.03. The summed E-state index contributed by atoms with van der Waals surface area (Å²) < 4.78 is 5.40. The van der Waals surface area contributed by atoms with Crippen LogP contribution in [-0.2, 0) is 0 Å². The van der Waals surface area contributed by atoms with E-state index in [1.54, 1.807) is 48.5 Å². The van der Waals surface area contributed by atoms with E-state index < -0.39 is 5.91 Å². The van der Waals surface area contributed by atoms with Crippen LogP contribution in [0.15, 0.2) is 52.9 Å². The number of nitrogens with one attached hydrogen (secondary N) is 1. The van der Waals surface area contributed by atoms with Gasteiger partial charge in [0.1, 0.15) is 0 Å². The van der Waals surface area contributed by atoms with E-state index in [0.717, 1.165) is 0 Å². The zero-order valence-electron chi connectivity index (χ0n) is 11.7. The topological polar surface area (TPSA) is 91.8 Å². The number of benzene rings is 2. The molecule has 0 aliphatic carbocycles. The molecule has 0 spiro atoms. The molecule has 0 bridgehead atoms. The number of nitrogens with zero attached hydrogens (tertiary/aromatic N) is 3. The van der Waals surface area contributed by atoms with E-state index in [4.69, 9.17) is 21.3 Å². The maximum atomic E-state index is 12.1. The highest BCUT2D eigenvalue weighted by atomic mass is 35.5. The molecule has 1 N–H and O–H groups in total. The summed E-state index contributed by atoms with van der Waals surface area (Å²) >= 11 is 5.91. The lowest BCUT2D eigenvalue weighted by Crippen LogP contribution is -2.11. The molecule has 23 heavy (non-hydrogen) atoms. The maximum absolute atomic E-state index is 12.1. The highest BCUT2D eigenvalue weighted by Gasteiger charge is 2.13. The van der Waals surface area contributed by atoms with Crippen molar-refractivity contribution in [3.05, 3.63) is 64.7 Å². The van der Waals surface area contributed by atoms with Crippen LogP contribution >= 0.6 is 11.6 Å². The standard InChI is InChI=1S/C16H9ClN4O2/c17-13-3-1-2-12(8-13)15-20-21-16(23-15)19-14(22)11-6-4-10(9-18)5-7-11/h1-8H,(H,19,21,22). The van der Waals surface area contributed by atoms with Crippen molar-refractivity contribution in [2.24, 2.45) is 0 Å². The molecule has 3 rings (SSSR count). The predicted octanol–water partition coefficient (Wildman–Crippen LogP) is 3.51. The highest BCUT2D eigenvalue weighted by molar-refractivity contribution is 6.30. The van der Waals surface area contributed by atoms with Gasteiger partial charge < -0.3 is 4.42 Å². The Labute approximate surface area is 136 Å². The largest absolute Gasteiger partial charge is 0.403 e. The van der Waals surface area contributed by atoms with Crippen molar-refractivity contribution in [3.8, 4) is 17.5 Å². The van der Waals surface area contributed by atoms with Gasteiger partial charge in [-0.2, -0.15) is 5.26 Å². The summed E-state index contributed by atoms with van der Waals surface area (Å²) in [5, 5.41) is 19.4. The zero-order valence-corrected chi connectivity index (χ0v) is 12.4. The van der Waals surface area contributed by atoms with Crippen LogP contribution in [0.1, 0.15) is 15.9 Å². The van der Waals surface area contributed by atoms with E-state index in [1.807, 2.05) is 6.07 Å². The number of hydrogen-bond acceptors (Lipinski definition) is 5. The molecule has 2 aromatic carbocycles. The van der Waals surface area contributed by atoms with Gasteiger partial charge in [-0.15, -0.1) is 5.10 Å². The average molecular weight is 325 g/mol. The van der Waals surface area contributed by atoms with Crippen LogP contribution in [-0.4, -0.2) is 16.1 Å². The van der Waals surface area contributed by atoms with Gasteiger partial charge in [-0.25, -0.2) is 0 Å². The summed E-state index contributed by atoms with van der Waals surface area (Å²) in [5.74, 6) is -0.154. The highest BCUT2D eigenvalue weighted by Crippen LogP contribution is 2.23. The Kier molecular flexibility index (Phi) is 4.04. The molecule has 0 unspecified atom stereocenters. The molecule has 0 radical (unpaired) electrons. The Bertz CT molecular complexity index is 897. The van der Waals surface area contributed by atoms with E-state index in [2.05, 4.69) is 15.5 Å². The van der Waals surface area contributed by atoms with Gasteiger partial charge in [0.2, 0.25) is 5.89 Å². The molecule has 1 heterocycles. The molecule has 112 valence electrons. The zero-order chi connectivity index (χ0) is 16.2. The van der Waals surface area contributed by atoms with Crippen molar-refractivity contribution >= 4 is 23.5 Å². The van der Waals surface area contributed by atoms with Crippen LogP contribution in [0.5, 0.6) is 0 Å². The maximum Gasteiger partial charge on any atom is 0.322 e. The van der Waals surface area contributed by atoms with Gasteiger partial charge in [-0.05, 0) is 42.5 Å². The van der Waals surface area contributed by atoms with Gasteiger partial charge >= 0.3 is 6.01 Å². The summed E-state index contributed by atoms with van der Waals surface area (Å²) in [7, 11) is 0. The number of rotatable bonds is 3. The van der Waals surface area contributed by atoms with Gasteiger partial charge in [0, 0.05) is 16.1 Å². The molecule has 0 fully saturated rings. The van der Waals surface area contributed by atoms with Crippen LogP contribution in [0.25, 0.3) is 11.5 Å². The van der Waals surface area contributed by atoms with Gasteiger partial charge in [-0.3, -0.25) is 10.1 Å². The molecule has 7 heteroatoms. The van der Waals surface area contributed by atoms with Crippen LogP contribution in [0.3, 0.4) is 0 Å². The van der Waals surface area contributed by atoms with Crippen LogP contribution < -0.4 is 5.32 Å². The number of carbonyl (C=O) groups is 1. The molecule has 1 amide bonds. The van der Waals surface area contributed by atoms with E-state index in [-0.39, 0.29) is 11.9 Å². The first-order chi connectivity index (χ1) is 11.2. The van der Waals surface area contributed by atoms with E-state index in [1.165, 1.54) is 0 Å². The Morgan fingerprint density at radius 3 is 2.65 bits per heavy atom. The molecule has 0 atom stereocenters. The fourth-order valence-corrected chi connectivity index (χ4v) is 2.07. The second kappa shape index (κ2) is 6.30. The van der Waals surface area contributed by atoms with Crippen molar-refractivity contribution in [1.29, 1.82) is 5.26 Å². The summed E-state index contributed by atoms with van der Waals surface area (Å²) in [5.41, 5.74) is 1.51. The molecule has 0 aliphatic rings. The normalized spacial score (nSPS) is 10.1. The summed E-state index contributed by atoms with van der Waals surface area (Å²) in [6.07, 6.45) is 0. The summed E-state index contributed by atoms with van der Waals surface area (Å²) in [6, 6.07) is 15.1. The lowest BCUT2D eigenvalue weighted by molar-refractivity contribution is 0.102. The lowest BCUT2D eigenvalue weighted by Gasteiger charge is -2.00. The quantitative estimate of drug-likeness (QED) is 0.795. The van der Waals surface area contributed by atoms with Crippen molar-refractivity contribution < 1.29 is 9.21 Å². The number of anilines is 1. The smallest absolute Gasteiger partial charge is 0.322 e. The van der Waals surface area contributed by atoms with Crippen molar-refractivity contribution in [3.63, 3.8) is 0 Å². The number of hydrogen-bond donors (Lipinski definition) is 1. The second-order valence-electron chi connectivity index (χ2n) is 4.57. The molecule has 0 saturated heterocycles. The minimum Gasteiger partial charge on any atom is -0.403 e. The van der Waals surface area contributed by atoms with E-state index in [9.17, 15) is 4.79 Å². The van der Waals surface area contributed by atoms with Gasteiger partial charge in [0.05, 0.1) is 11.6 Å². The fraction of sp³-hybridized carbons (Fsp3) is 0. The SMILES string of the molecule is N#Cc1ccc(C(=O)Nc2nnc(-c3cccc(Cl)c3)o2)cc1. The Hall–Kier alpha value is -3.17. The molecule has 0 saturated carbocycles. The lowest BCUT2D eigenvalue weighted by atomic mass is 10.1.